The Balaban J connectivity index is 1.82. The predicted octanol–water partition coefficient (Wildman–Crippen LogP) is 1.95. The lowest BCUT2D eigenvalue weighted by Gasteiger charge is -2.32. The van der Waals surface area contributed by atoms with Crippen LogP contribution in [0, 0.1) is 0 Å². The molecule has 4 rings (SSSR count). The number of phenolic OH excluding ortho intramolecular Hbond substituents is 1. The fraction of sp³-hybridized carbons (Fsp3) is 0.286. The molecule has 0 bridgehead atoms. The number of nitrogens with zero attached hydrogens (tertiary/aromatic N) is 1. The third-order valence-corrected chi connectivity index (χ3v) is 5.08. The van der Waals surface area contributed by atoms with Crippen molar-refractivity contribution < 1.29 is 19.5 Å². The van der Waals surface area contributed by atoms with Crippen LogP contribution in [-0.4, -0.2) is 43.5 Å². The van der Waals surface area contributed by atoms with Crippen LogP contribution in [0.25, 0.3) is 10.9 Å². The first-order valence-electron chi connectivity index (χ1n) is 8.91. The number of ether oxygens (including phenoxy) is 2. The molecule has 0 spiro atoms. The lowest BCUT2D eigenvalue weighted by atomic mass is 9.94. The van der Waals surface area contributed by atoms with Crippen LogP contribution in [0.1, 0.15) is 17.2 Å². The summed E-state index contributed by atoms with van der Waals surface area (Å²) in [5, 5.41) is 11.9. The average molecular weight is 351 g/mol. The maximum atomic E-state index is 11.0. The second kappa shape index (κ2) is 7.32. The van der Waals surface area contributed by atoms with Gasteiger partial charge in [0, 0.05) is 17.1 Å². The van der Waals surface area contributed by atoms with Crippen LogP contribution in [0.4, 0.5) is 0 Å². The third-order valence-electron chi connectivity index (χ3n) is 5.08. The first-order valence-corrected chi connectivity index (χ1v) is 8.91. The molecular formula is C21H23N2O3+. The Bertz CT molecular complexity index is 889. The van der Waals surface area contributed by atoms with Crippen molar-refractivity contribution in [3.63, 3.8) is 0 Å². The van der Waals surface area contributed by atoms with Crippen molar-refractivity contribution in [2.24, 2.45) is 0 Å². The van der Waals surface area contributed by atoms with Gasteiger partial charge in [0.25, 0.3) is 0 Å². The molecule has 0 radical (unpaired) electrons. The first-order chi connectivity index (χ1) is 12.8. The smallest absolute Gasteiger partial charge is 0.151 e. The zero-order valence-electron chi connectivity index (χ0n) is 14.8. The van der Waals surface area contributed by atoms with E-state index in [0.717, 1.165) is 48.6 Å². The monoisotopic (exact) mass is 351 g/mol. The zero-order valence-corrected chi connectivity index (χ0v) is 14.8. The third kappa shape index (κ3) is 3.11. The molecule has 1 atom stereocenters. The Morgan fingerprint density at radius 2 is 1.85 bits per heavy atom. The van der Waals surface area contributed by atoms with E-state index in [1.807, 2.05) is 36.4 Å². The minimum atomic E-state index is 0.0243. The number of benzene rings is 2. The largest absolute Gasteiger partial charge is 0.505 e. The van der Waals surface area contributed by atoms with Crippen LogP contribution in [0.5, 0.6) is 11.5 Å². The van der Waals surface area contributed by atoms with E-state index in [0.29, 0.717) is 5.52 Å². The van der Waals surface area contributed by atoms with Crippen LogP contribution in [-0.2, 0) is 4.74 Å². The highest BCUT2D eigenvalue weighted by atomic mass is 16.5. The number of aromatic nitrogens is 1. The molecule has 2 heterocycles. The highest BCUT2D eigenvalue weighted by Gasteiger charge is 2.31. The molecule has 2 N–H and O–H groups in total. The highest BCUT2D eigenvalue weighted by Crippen LogP contribution is 2.33. The zero-order chi connectivity index (χ0) is 17.9. The molecule has 3 aromatic rings. The lowest BCUT2D eigenvalue weighted by Crippen LogP contribution is -3.14. The van der Waals surface area contributed by atoms with Gasteiger partial charge in [-0.1, -0.05) is 12.1 Å². The number of morpholine rings is 1. The lowest BCUT2D eigenvalue weighted by molar-refractivity contribution is -0.933. The van der Waals surface area contributed by atoms with Gasteiger partial charge in [0.15, 0.2) is 5.75 Å². The topological polar surface area (TPSA) is 56.0 Å². The summed E-state index contributed by atoms with van der Waals surface area (Å²) in [6, 6.07) is 16.0. The molecule has 0 saturated carbocycles. The summed E-state index contributed by atoms with van der Waals surface area (Å²) < 4.78 is 10.8. The summed E-state index contributed by atoms with van der Waals surface area (Å²) in [5.74, 6) is 1.09. The summed E-state index contributed by atoms with van der Waals surface area (Å²) in [4.78, 5) is 5.77. The number of hydrogen-bond acceptors (Lipinski definition) is 4. The standard InChI is InChI=1S/C21H22N2O3/c1-25-17-7-4-16(5-8-17)20(23-11-13-26-14-12-23)18-9-6-15-3-2-10-22-19(15)21(18)24/h2-10,20,24H,11-14H2,1H3/p+1/t20-/m0/s1. The fourth-order valence-corrected chi connectivity index (χ4v) is 3.73. The van der Waals surface area contributed by atoms with Gasteiger partial charge in [-0.15, -0.1) is 0 Å². The number of methoxy groups -OCH3 is 1. The van der Waals surface area contributed by atoms with Gasteiger partial charge in [-0.25, -0.2) is 0 Å². The number of hydrogen-bond donors (Lipinski definition) is 2. The highest BCUT2D eigenvalue weighted by molar-refractivity contribution is 5.85. The minimum Gasteiger partial charge on any atom is -0.505 e. The second-order valence-electron chi connectivity index (χ2n) is 6.56. The second-order valence-corrected chi connectivity index (χ2v) is 6.56. The molecular weight excluding hydrogens is 328 g/mol. The normalized spacial score (nSPS) is 16.5. The predicted molar refractivity (Wildman–Crippen MR) is 99.8 cm³/mol. The number of aromatic hydroxyl groups is 1. The van der Waals surface area contributed by atoms with E-state index in [1.165, 1.54) is 4.90 Å². The molecule has 1 aliphatic heterocycles. The molecule has 1 saturated heterocycles. The van der Waals surface area contributed by atoms with Crippen molar-refractivity contribution in [2.75, 3.05) is 33.4 Å². The number of phenols is 1. The molecule has 1 fully saturated rings. The molecule has 0 amide bonds. The molecule has 26 heavy (non-hydrogen) atoms. The Morgan fingerprint density at radius 3 is 2.58 bits per heavy atom. The summed E-state index contributed by atoms with van der Waals surface area (Å²) >= 11 is 0. The minimum absolute atomic E-state index is 0.0243. The summed E-state index contributed by atoms with van der Waals surface area (Å²) in [7, 11) is 1.67. The Kier molecular flexibility index (Phi) is 4.73. The van der Waals surface area contributed by atoms with Crippen LogP contribution in [0.15, 0.2) is 54.7 Å². The van der Waals surface area contributed by atoms with Gasteiger partial charge in [-0.05, 0) is 36.4 Å². The van der Waals surface area contributed by atoms with Gasteiger partial charge in [-0.2, -0.15) is 0 Å². The number of fused-ring (bicyclic) bond motifs is 1. The van der Waals surface area contributed by atoms with Crippen LogP contribution in [0.2, 0.25) is 0 Å². The van der Waals surface area contributed by atoms with Gasteiger partial charge in [-0.3, -0.25) is 4.98 Å². The Labute approximate surface area is 152 Å². The molecule has 1 aromatic heterocycles. The summed E-state index contributed by atoms with van der Waals surface area (Å²) in [6.45, 7) is 3.26. The van der Waals surface area contributed by atoms with E-state index < -0.39 is 0 Å². The van der Waals surface area contributed by atoms with Crippen LogP contribution in [0.3, 0.4) is 0 Å². The quantitative estimate of drug-likeness (QED) is 0.754. The van der Waals surface area contributed by atoms with Crippen molar-refractivity contribution in [3.05, 3.63) is 65.9 Å². The molecule has 0 aliphatic carbocycles. The number of pyridine rings is 1. The van der Waals surface area contributed by atoms with E-state index in [-0.39, 0.29) is 11.8 Å². The molecule has 1 aliphatic rings. The summed E-state index contributed by atoms with van der Waals surface area (Å²) in [6.07, 6.45) is 1.72. The maximum absolute atomic E-state index is 11.0. The van der Waals surface area contributed by atoms with Gasteiger partial charge < -0.3 is 19.5 Å². The number of nitrogens with one attached hydrogen (secondary N) is 1. The Hall–Kier alpha value is -2.63. The average Bonchev–Trinajstić information content (AvgIpc) is 2.71. The number of quaternary nitrogens is 1. The van der Waals surface area contributed by atoms with E-state index in [9.17, 15) is 5.11 Å². The molecule has 5 nitrogen and oxygen atoms in total. The number of rotatable bonds is 4. The van der Waals surface area contributed by atoms with Gasteiger partial charge in [0.1, 0.15) is 30.4 Å². The van der Waals surface area contributed by atoms with Crippen LogP contribution < -0.4 is 9.64 Å². The van der Waals surface area contributed by atoms with E-state index in [2.05, 4.69) is 17.1 Å². The van der Waals surface area contributed by atoms with Crippen molar-refractivity contribution >= 4 is 10.9 Å². The van der Waals surface area contributed by atoms with Gasteiger partial charge >= 0.3 is 0 Å². The van der Waals surface area contributed by atoms with E-state index in [1.54, 1.807) is 13.3 Å². The molecule has 134 valence electrons. The maximum Gasteiger partial charge on any atom is 0.151 e. The van der Waals surface area contributed by atoms with Crippen molar-refractivity contribution in [2.45, 2.75) is 6.04 Å². The SMILES string of the molecule is COc1ccc([C@@H](c2ccc3cccnc3c2O)[NH+]2CCOCC2)cc1. The molecule has 0 unspecified atom stereocenters. The fourth-order valence-electron chi connectivity index (χ4n) is 3.73. The van der Waals surface area contributed by atoms with Gasteiger partial charge in [0.05, 0.1) is 25.9 Å². The molecule has 5 heteroatoms. The van der Waals surface area contributed by atoms with E-state index >= 15 is 0 Å². The molecule has 2 aromatic carbocycles. The first kappa shape index (κ1) is 16.8. The Morgan fingerprint density at radius 1 is 1.08 bits per heavy atom. The van der Waals surface area contributed by atoms with Crippen LogP contribution >= 0.6 is 0 Å². The van der Waals surface area contributed by atoms with Crippen molar-refractivity contribution in [1.82, 2.24) is 4.98 Å². The van der Waals surface area contributed by atoms with E-state index in [4.69, 9.17) is 9.47 Å². The summed E-state index contributed by atoms with van der Waals surface area (Å²) in [5.41, 5.74) is 2.70. The van der Waals surface area contributed by atoms with Crippen molar-refractivity contribution in [1.29, 1.82) is 0 Å². The van der Waals surface area contributed by atoms with Gasteiger partial charge in [0.2, 0.25) is 0 Å². The van der Waals surface area contributed by atoms with Crippen molar-refractivity contribution in [3.8, 4) is 11.5 Å².